The Kier molecular flexibility index (Phi) is 2.86. The highest BCUT2D eigenvalue weighted by molar-refractivity contribution is 6.06. The molecule has 1 unspecified atom stereocenters. The second-order valence-electron chi connectivity index (χ2n) is 5.65. The molecular weight excluding hydrogens is 274 g/mol. The molecule has 0 saturated heterocycles. The molecule has 0 saturated carbocycles. The Labute approximate surface area is 128 Å². The molecule has 0 aromatic heterocycles. The topological polar surface area (TPSA) is 49.3 Å². The van der Waals surface area contributed by atoms with Gasteiger partial charge in [0.1, 0.15) is 5.75 Å². The van der Waals surface area contributed by atoms with Crippen molar-refractivity contribution in [2.75, 3.05) is 5.32 Å². The number of hydrogen-bond donors (Lipinski definition) is 2. The van der Waals surface area contributed by atoms with Gasteiger partial charge in [-0.1, -0.05) is 48.5 Å². The number of anilines is 1. The van der Waals surface area contributed by atoms with Gasteiger partial charge in [0.25, 0.3) is 0 Å². The molecule has 1 heterocycles. The molecular formula is C19H15NO2. The first kappa shape index (κ1) is 12.9. The third-order valence-corrected chi connectivity index (χ3v) is 4.26. The fraction of sp³-hybridized carbons (Fsp3) is 0.105. The van der Waals surface area contributed by atoms with E-state index in [9.17, 15) is 9.90 Å². The average Bonchev–Trinajstić information content (AvgIpc) is 2.54. The molecule has 0 aliphatic carbocycles. The first-order valence-corrected chi connectivity index (χ1v) is 7.33. The van der Waals surface area contributed by atoms with Crippen molar-refractivity contribution >= 4 is 22.4 Å². The van der Waals surface area contributed by atoms with Gasteiger partial charge in [0.15, 0.2) is 0 Å². The summed E-state index contributed by atoms with van der Waals surface area (Å²) in [6, 6.07) is 19.4. The van der Waals surface area contributed by atoms with Crippen LogP contribution in [0.5, 0.6) is 5.75 Å². The number of hydrogen-bond acceptors (Lipinski definition) is 2. The number of fused-ring (bicyclic) bond motifs is 3. The van der Waals surface area contributed by atoms with E-state index in [2.05, 4.69) is 17.4 Å². The molecule has 4 rings (SSSR count). The number of benzene rings is 3. The zero-order valence-corrected chi connectivity index (χ0v) is 11.9. The number of rotatable bonds is 1. The molecule has 22 heavy (non-hydrogen) atoms. The number of phenols is 1. The Bertz CT molecular complexity index is 885. The van der Waals surface area contributed by atoms with Gasteiger partial charge in [0, 0.05) is 17.7 Å². The van der Waals surface area contributed by atoms with E-state index in [1.165, 1.54) is 0 Å². The first-order chi connectivity index (χ1) is 10.7. The van der Waals surface area contributed by atoms with Crippen LogP contribution in [-0.2, 0) is 4.79 Å². The molecule has 108 valence electrons. The zero-order valence-electron chi connectivity index (χ0n) is 11.9. The van der Waals surface area contributed by atoms with E-state index in [0.29, 0.717) is 6.42 Å². The lowest BCUT2D eigenvalue weighted by Gasteiger charge is -2.27. The number of amides is 1. The van der Waals surface area contributed by atoms with Crippen LogP contribution in [0.4, 0.5) is 5.69 Å². The van der Waals surface area contributed by atoms with E-state index in [-0.39, 0.29) is 17.6 Å². The predicted octanol–water partition coefficient (Wildman–Crippen LogP) is 4.02. The van der Waals surface area contributed by atoms with Crippen LogP contribution in [-0.4, -0.2) is 11.0 Å². The van der Waals surface area contributed by atoms with Crippen molar-refractivity contribution < 1.29 is 9.90 Å². The van der Waals surface area contributed by atoms with E-state index in [1.54, 1.807) is 12.1 Å². The number of aromatic hydroxyl groups is 1. The van der Waals surface area contributed by atoms with Crippen LogP contribution in [0.3, 0.4) is 0 Å². The standard InChI is InChI=1S/C19H15NO2/c21-14-6-3-5-13(10-14)17-11-18(22)20-19-15-7-2-1-4-12(15)8-9-16(17)19/h1-10,17,21H,11H2,(H,20,22). The van der Waals surface area contributed by atoms with Crippen molar-refractivity contribution in [2.45, 2.75) is 12.3 Å². The zero-order chi connectivity index (χ0) is 15.1. The van der Waals surface area contributed by atoms with Gasteiger partial charge in [-0.25, -0.2) is 0 Å². The maximum atomic E-state index is 12.2. The van der Waals surface area contributed by atoms with Crippen LogP contribution >= 0.6 is 0 Å². The van der Waals surface area contributed by atoms with Crippen molar-refractivity contribution in [3.8, 4) is 5.75 Å². The Balaban J connectivity index is 1.94. The highest BCUT2D eigenvalue weighted by atomic mass is 16.3. The molecule has 0 radical (unpaired) electrons. The molecule has 2 N–H and O–H groups in total. The molecule has 0 spiro atoms. The molecule has 0 bridgehead atoms. The van der Waals surface area contributed by atoms with E-state index < -0.39 is 0 Å². The summed E-state index contributed by atoms with van der Waals surface area (Å²) < 4.78 is 0. The Morgan fingerprint density at radius 3 is 2.73 bits per heavy atom. The summed E-state index contributed by atoms with van der Waals surface area (Å²) in [5, 5.41) is 14.9. The van der Waals surface area contributed by atoms with Gasteiger partial charge in [-0.15, -0.1) is 0 Å². The molecule has 0 fully saturated rings. The third-order valence-electron chi connectivity index (χ3n) is 4.26. The number of carbonyl (C=O) groups excluding carboxylic acids is 1. The minimum Gasteiger partial charge on any atom is -0.508 e. The lowest BCUT2D eigenvalue weighted by Crippen LogP contribution is -2.23. The van der Waals surface area contributed by atoms with Crippen molar-refractivity contribution in [1.82, 2.24) is 0 Å². The number of phenolic OH excluding ortho intramolecular Hbond substituents is 1. The molecule has 3 heteroatoms. The van der Waals surface area contributed by atoms with Crippen molar-refractivity contribution in [1.29, 1.82) is 0 Å². The lowest BCUT2D eigenvalue weighted by molar-refractivity contribution is -0.116. The summed E-state index contributed by atoms with van der Waals surface area (Å²) in [5.74, 6) is 0.212. The van der Waals surface area contributed by atoms with Gasteiger partial charge in [-0.05, 0) is 28.6 Å². The molecule has 3 aromatic carbocycles. The molecule has 1 amide bonds. The monoisotopic (exact) mass is 289 g/mol. The van der Waals surface area contributed by atoms with Crippen LogP contribution < -0.4 is 5.32 Å². The van der Waals surface area contributed by atoms with Gasteiger partial charge in [-0.2, -0.15) is 0 Å². The van der Waals surface area contributed by atoms with Gasteiger partial charge >= 0.3 is 0 Å². The number of nitrogens with one attached hydrogen (secondary N) is 1. The van der Waals surface area contributed by atoms with Gasteiger partial charge < -0.3 is 10.4 Å². The predicted molar refractivity (Wildman–Crippen MR) is 87.1 cm³/mol. The summed E-state index contributed by atoms with van der Waals surface area (Å²) in [7, 11) is 0. The second-order valence-corrected chi connectivity index (χ2v) is 5.65. The van der Waals surface area contributed by atoms with Crippen LogP contribution in [0.1, 0.15) is 23.5 Å². The summed E-state index contributed by atoms with van der Waals surface area (Å²) in [5.41, 5.74) is 2.96. The smallest absolute Gasteiger partial charge is 0.225 e. The highest BCUT2D eigenvalue weighted by Crippen LogP contribution is 2.41. The maximum Gasteiger partial charge on any atom is 0.225 e. The summed E-state index contributed by atoms with van der Waals surface area (Å²) in [6.45, 7) is 0. The molecule has 3 nitrogen and oxygen atoms in total. The largest absolute Gasteiger partial charge is 0.508 e. The van der Waals surface area contributed by atoms with Gasteiger partial charge in [0.05, 0.1) is 5.69 Å². The Hall–Kier alpha value is -2.81. The van der Waals surface area contributed by atoms with Crippen molar-refractivity contribution in [3.05, 3.63) is 71.8 Å². The summed E-state index contributed by atoms with van der Waals surface area (Å²) >= 11 is 0. The normalized spacial score (nSPS) is 17.1. The van der Waals surface area contributed by atoms with Gasteiger partial charge in [-0.3, -0.25) is 4.79 Å². The Morgan fingerprint density at radius 2 is 1.86 bits per heavy atom. The highest BCUT2D eigenvalue weighted by Gasteiger charge is 2.27. The minimum atomic E-state index is -0.0274. The van der Waals surface area contributed by atoms with E-state index in [0.717, 1.165) is 27.6 Å². The fourth-order valence-electron chi connectivity index (χ4n) is 3.24. The molecule has 3 aromatic rings. The molecule has 1 aliphatic heterocycles. The molecule has 1 atom stereocenters. The quantitative estimate of drug-likeness (QED) is 0.711. The maximum absolute atomic E-state index is 12.2. The second kappa shape index (κ2) is 4.88. The Morgan fingerprint density at radius 1 is 1.00 bits per heavy atom. The van der Waals surface area contributed by atoms with Crippen molar-refractivity contribution in [3.63, 3.8) is 0 Å². The van der Waals surface area contributed by atoms with Crippen LogP contribution in [0, 0.1) is 0 Å². The number of carbonyl (C=O) groups is 1. The third kappa shape index (κ3) is 2.02. The first-order valence-electron chi connectivity index (χ1n) is 7.33. The van der Waals surface area contributed by atoms with Gasteiger partial charge in [0.2, 0.25) is 5.91 Å². The lowest BCUT2D eigenvalue weighted by atomic mass is 9.83. The average molecular weight is 289 g/mol. The van der Waals surface area contributed by atoms with Crippen LogP contribution in [0.2, 0.25) is 0 Å². The van der Waals surface area contributed by atoms with Crippen LogP contribution in [0.15, 0.2) is 60.7 Å². The minimum absolute atomic E-state index is 0.0113. The summed E-state index contributed by atoms with van der Waals surface area (Å²) in [4.78, 5) is 12.2. The SMILES string of the molecule is O=C1CC(c2cccc(O)c2)c2ccc3ccccc3c2N1. The summed E-state index contributed by atoms with van der Waals surface area (Å²) in [6.07, 6.45) is 0.398. The fourth-order valence-corrected chi connectivity index (χ4v) is 3.24. The van der Waals surface area contributed by atoms with E-state index in [1.807, 2.05) is 36.4 Å². The van der Waals surface area contributed by atoms with Crippen LogP contribution in [0.25, 0.3) is 10.8 Å². The van der Waals surface area contributed by atoms with E-state index in [4.69, 9.17) is 0 Å². The van der Waals surface area contributed by atoms with Crippen molar-refractivity contribution in [2.24, 2.45) is 0 Å². The molecule has 1 aliphatic rings. The van der Waals surface area contributed by atoms with E-state index >= 15 is 0 Å².